The van der Waals surface area contributed by atoms with Gasteiger partial charge in [-0.1, -0.05) is 13.3 Å². The molecule has 2 nitrogen and oxygen atoms in total. The molecule has 4 bridgehead atoms. The first-order chi connectivity index (χ1) is 10.1. The number of fused-ring (bicyclic) bond motifs is 2. The van der Waals surface area contributed by atoms with Crippen molar-refractivity contribution < 1.29 is 5.11 Å². The summed E-state index contributed by atoms with van der Waals surface area (Å²) in [5.74, 6) is 2.37. The van der Waals surface area contributed by atoms with E-state index in [1.165, 1.54) is 51.4 Å². The van der Waals surface area contributed by atoms with Gasteiger partial charge in [0.25, 0.3) is 0 Å². The van der Waals surface area contributed by atoms with Crippen LogP contribution in [0, 0.1) is 34.0 Å². The molecule has 0 radical (unpaired) electrons. The average Bonchev–Trinajstić information content (AvgIpc) is 2.49. The molecule has 6 aliphatic rings. The lowest BCUT2D eigenvalue weighted by molar-refractivity contribution is -0.212. The van der Waals surface area contributed by atoms with Crippen molar-refractivity contribution in [3.63, 3.8) is 0 Å². The van der Waals surface area contributed by atoms with Crippen molar-refractivity contribution in [2.75, 3.05) is 6.54 Å². The van der Waals surface area contributed by atoms with Gasteiger partial charge in [-0.2, -0.15) is 0 Å². The standard InChI is InChI=1S/C19H29NO/c1-17-5-2-6-19(12-20-11-17)14(17)10-16(21)18-7-3-13(4-8-18)9-15(18)19/h12-16,21H,2-11H2,1H3. The number of aliphatic hydroxyl groups excluding tert-OH is 1. The van der Waals surface area contributed by atoms with Crippen LogP contribution in [0.15, 0.2) is 4.99 Å². The van der Waals surface area contributed by atoms with E-state index in [0.717, 1.165) is 24.8 Å². The molecular formula is C19H29NO. The van der Waals surface area contributed by atoms with Gasteiger partial charge in [-0.25, -0.2) is 0 Å². The zero-order valence-corrected chi connectivity index (χ0v) is 13.4. The van der Waals surface area contributed by atoms with Crippen molar-refractivity contribution in [1.82, 2.24) is 0 Å². The minimum atomic E-state index is -0.0363. The molecule has 0 saturated heterocycles. The van der Waals surface area contributed by atoms with Gasteiger partial charge in [-0.15, -0.1) is 0 Å². The Balaban J connectivity index is 1.67. The van der Waals surface area contributed by atoms with Crippen molar-refractivity contribution in [2.45, 2.75) is 70.8 Å². The number of nitrogens with zero attached hydrogens (tertiary/aromatic N) is 1. The second-order valence-corrected chi connectivity index (χ2v) is 9.36. The predicted molar refractivity (Wildman–Crippen MR) is 84.4 cm³/mol. The largest absolute Gasteiger partial charge is 0.393 e. The van der Waals surface area contributed by atoms with Crippen molar-refractivity contribution in [2.24, 2.45) is 39.0 Å². The molecule has 0 aromatic rings. The minimum absolute atomic E-state index is 0.0363. The summed E-state index contributed by atoms with van der Waals surface area (Å²) in [7, 11) is 0. The number of aliphatic imine (C=N–C) groups is 1. The second kappa shape index (κ2) is 3.93. The molecule has 0 amide bonds. The summed E-state index contributed by atoms with van der Waals surface area (Å²) in [6.45, 7) is 3.48. The third-order valence-electron chi connectivity index (χ3n) is 8.70. The van der Waals surface area contributed by atoms with E-state index < -0.39 is 0 Å². The molecule has 1 heterocycles. The third kappa shape index (κ3) is 1.42. The maximum atomic E-state index is 11.1. The highest BCUT2D eigenvalue weighted by Crippen LogP contribution is 2.71. The fourth-order valence-electron chi connectivity index (χ4n) is 7.72. The van der Waals surface area contributed by atoms with Gasteiger partial charge >= 0.3 is 0 Å². The van der Waals surface area contributed by atoms with Crippen molar-refractivity contribution in [1.29, 1.82) is 0 Å². The van der Waals surface area contributed by atoms with Crippen LogP contribution in [0.1, 0.15) is 64.7 Å². The smallest absolute Gasteiger partial charge is 0.0602 e. The highest BCUT2D eigenvalue weighted by atomic mass is 16.3. The number of hydrogen-bond donors (Lipinski definition) is 1. The highest BCUT2D eigenvalue weighted by Gasteiger charge is 2.68. The van der Waals surface area contributed by atoms with E-state index >= 15 is 0 Å². The first-order valence-electron chi connectivity index (χ1n) is 9.28. The van der Waals surface area contributed by atoms with Crippen LogP contribution in [0.2, 0.25) is 0 Å². The summed E-state index contributed by atoms with van der Waals surface area (Å²) in [6.07, 6.45) is 14.2. The summed E-state index contributed by atoms with van der Waals surface area (Å²) in [6, 6.07) is 0. The van der Waals surface area contributed by atoms with Crippen LogP contribution in [0.25, 0.3) is 0 Å². The molecular weight excluding hydrogens is 258 g/mol. The molecule has 6 rings (SSSR count). The van der Waals surface area contributed by atoms with E-state index in [2.05, 4.69) is 13.1 Å². The van der Waals surface area contributed by atoms with Gasteiger partial charge in [-0.3, -0.25) is 4.99 Å². The quantitative estimate of drug-likeness (QED) is 0.721. The monoisotopic (exact) mass is 287 g/mol. The van der Waals surface area contributed by atoms with E-state index in [1.54, 1.807) is 0 Å². The Morgan fingerprint density at radius 2 is 1.86 bits per heavy atom. The Kier molecular flexibility index (Phi) is 2.45. The van der Waals surface area contributed by atoms with Gasteiger partial charge in [0.2, 0.25) is 0 Å². The van der Waals surface area contributed by atoms with Crippen LogP contribution < -0.4 is 0 Å². The summed E-state index contributed by atoms with van der Waals surface area (Å²) >= 11 is 0. The number of aliphatic hydroxyl groups is 1. The minimum Gasteiger partial charge on any atom is -0.393 e. The predicted octanol–water partition coefficient (Wildman–Crippen LogP) is 3.82. The second-order valence-electron chi connectivity index (χ2n) is 9.36. The maximum absolute atomic E-state index is 11.1. The molecule has 5 fully saturated rings. The number of hydrogen-bond acceptors (Lipinski definition) is 2. The molecule has 2 heteroatoms. The van der Waals surface area contributed by atoms with E-state index in [9.17, 15) is 5.11 Å². The van der Waals surface area contributed by atoms with Crippen LogP contribution in [0.4, 0.5) is 0 Å². The molecule has 5 unspecified atom stereocenters. The van der Waals surface area contributed by atoms with Crippen LogP contribution in [-0.4, -0.2) is 24.0 Å². The molecule has 1 spiro atoms. The fraction of sp³-hybridized carbons (Fsp3) is 0.947. The van der Waals surface area contributed by atoms with Crippen molar-refractivity contribution in [3.8, 4) is 0 Å². The molecule has 21 heavy (non-hydrogen) atoms. The van der Waals surface area contributed by atoms with Crippen LogP contribution in [-0.2, 0) is 0 Å². The lowest BCUT2D eigenvalue weighted by atomic mass is 9.36. The Hall–Kier alpha value is -0.370. The van der Waals surface area contributed by atoms with E-state index in [4.69, 9.17) is 4.99 Å². The fourth-order valence-corrected chi connectivity index (χ4v) is 7.72. The zero-order valence-electron chi connectivity index (χ0n) is 13.4. The Bertz CT molecular complexity index is 492. The summed E-state index contributed by atoms with van der Waals surface area (Å²) in [5, 5.41) is 11.1. The first kappa shape index (κ1) is 13.1. The maximum Gasteiger partial charge on any atom is 0.0602 e. The van der Waals surface area contributed by atoms with Gasteiger partial charge in [0.1, 0.15) is 0 Å². The molecule has 1 aliphatic heterocycles. The van der Waals surface area contributed by atoms with Gasteiger partial charge in [0.05, 0.1) is 6.10 Å². The van der Waals surface area contributed by atoms with Crippen LogP contribution in [0.3, 0.4) is 0 Å². The van der Waals surface area contributed by atoms with Crippen LogP contribution >= 0.6 is 0 Å². The van der Waals surface area contributed by atoms with Gasteiger partial charge in [-0.05, 0) is 74.5 Å². The molecule has 5 saturated carbocycles. The Morgan fingerprint density at radius 3 is 2.67 bits per heavy atom. The van der Waals surface area contributed by atoms with Crippen LogP contribution in [0.5, 0.6) is 0 Å². The van der Waals surface area contributed by atoms with Gasteiger partial charge in [0, 0.05) is 23.6 Å². The lowest BCUT2D eigenvalue weighted by Gasteiger charge is -2.70. The average molecular weight is 287 g/mol. The van der Waals surface area contributed by atoms with Crippen molar-refractivity contribution in [3.05, 3.63) is 0 Å². The zero-order chi connectivity index (χ0) is 14.3. The Morgan fingerprint density at radius 1 is 1.05 bits per heavy atom. The molecule has 1 N–H and O–H groups in total. The van der Waals surface area contributed by atoms with Gasteiger partial charge < -0.3 is 5.11 Å². The van der Waals surface area contributed by atoms with E-state index in [1.807, 2.05) is 0 Å². The Labute approximate surface area is 128 Å². The SMILES string of the molecule is CC12CCCC3(C=NC1)C2CC(O)C12CCC(CC1)CC32. The summed E-state index contributed by atoms with van der Waals surface area (Å²) < 4.78 is 0. The van der Waals surface area contributed by atoms with E-state index in [0.29, 0.717) is 16.7 Å². The topological polar surface area (TPSA) is 32.6 Å². The molecule has 5 atom stereocenters. The summed E-state index contributed by atoms with van der Waals surface area (Å²) in [5.41, 5.74) is 0.975. The lowest BCUT2D eigenvalue weighted by Crippen LogP contribution is -2.67. The van der Waals surface area contributed by atoms with Crippen molar-refractivity contribution >= 4 is 6.21 Å². The normalized spacial score (nSPS) is 61.2. The third-order valence-corrected chi connectivity index (χ3v) is 8.70. The molecule has 0 aromatic heterocycles. The molecule has 116 valence electrons. The van der Waals surface area contributed by atoms with Gasteiger partial charge in [0.15, 0.2) is 0 Å². The van der Waals surface area contributed by atoms with E-state index in [-0.39, 0.29) is 11.5 Å². The molecule has 5 aliphatic carbocycles. The molecule has 0 aromatic carbocycles. The summed E-state index contributed by atoms with van der Waals surface area (Å²) in [4.78, 5) is 4.90. The highest BCUT2D eigenvalue weighted by molar-refractivity contribution is 5.69. The number of rotatable bonds is 0. The first-order valence-corrected chi connectivity index (χ1v) is 9.28.